The fourth-order valence-electron chi connectivity index (χ4n) is 3.54. The number of hydrogen-bond donors (Lipinski definition) is 2. The molecule has 1 aliphatic carbocycles. The lowest BCUT2D eigenvalue weighted by Crippen LogP contribution is -2.50. The summed E-state index contributed by atoms with van der Waals surface area (Å²) in [5, 5.41) is 5.97. The SMILES string of the molecule is CCOC(=O)N1CCC(NC(=O)C2(C(=O)Nc3cc(C)ccc3C)CC2)CC1. The maximum absolute atomic E-state index is 12.8. The van der Waals surface area contributed by atoms with E-state index in [1.165, 1.54) is 0 Å². The molecule has 1 aromatic carbocycles. The first-order valence-electron chi connectivity index (χ1n) is 9.97. The Balaban J connectivity index is 1.55. The summed E-state index contributed by atoms with van der Waals surface area (Å²) in [6, 6.07) is 5.85. The Bertz CT molecular complexity index is 765. The summed E-state index contributed by atoms with van der Waals surface area (Å²) < 4.78 is 5.01. The monoisotopic (exact) mass is 387 g/mol. The van der Waals surface area contributed by atoms with Crippen LogP contribution < -0.4 is 10.6 Å². The molecule has 0 bridgehead atoms. The molecule has 0 spiro atoms. The lowest BCUT2D eigenvalue weighted by Gasteiger charge is -2.32. The lowest BCUT2D eigenvalue weighted by molar-refractivity contribution is -0.135. The van der Waals surface area contributed by atoms with Gasteiger partial charge in [-0.3, -0.25) is 9.59 Å². The van der Waals surface area contributed by atoms with Gasteiger partial charge in [-0.1, -0.05) is 12.1 Å². The maximum Gasteiger partial charge on any atom is 0.409 e. The summed E-state index contributed by atoms with van der Waals surface area (Å²) in [5.41, 5.74) is 1.82. The van der Waals surface area contributed by atoms with Crippen LogP contribution in [0.5, 0.6) is 0 Å². The van der Waals surface area contributed by atoms with Crippen molar-refractivity contribution in [3.05, 3.63) is 29.3 Å². The first-order chi connectivity index (χ1) is 13.4. The van der Waals surface area contributed by atoms with Crippen molar-refractivity contribution in [2.75, 3.05) is 25.0 Å². The summed E-state index contributed by atoms with van der Waals surface area (Å²) in [7, 11) is 0. The highest BCUT2D eigenvalue weighted by Crippen LogP contribution is 2.47. The molecule has 0 radical (unpaired) electrons. The standard InChI is InChI=1S/C21H29N3O4/c1-4-28-20(27)24-11-7-16(8-12-24)22-18(25)21(9-10-21)19(26)23-17-13-14(2)5-6-15(17)3/h5-6,13,16H,4,7-12H2,1-3H3,(H,22,25)(H,23,26). The van der Waals surface area contributed by atoms with Crippen molar-refractivity contribution in [2.24, 2.45) is 5.41 Å². The third-order valence-corrected chi connectivity index (χ3v) is 5.62. The molecule has 1 heterocycles. The van der Waals surface area contributed by atoms with Gasteiger partial charge in [-0.15, -0.1) is 0 Å². The number of hydrogen-bond acceptors (Lipinski definition) is 4. The van der Waals surface area contributed by atoms with Crippen LogP contribution in [0.4, 0.5) is 10.5 Å². The van der Waals surface area contributed by atoms with E-state index in [0.717, 1.165) is 16.8 Å². The molecular weight excluding hydrogens is 358 g/mol. The molecule has 152 valence electrons. The van der Waals surface area contributed by atoms with Gasteiger partial charge in [0, 0.05) is 24.8 Å². The van der Waals surface area contributed by atoms with Crippen LogP contribution in [0.1, 0.15) is 43.7 Å². The van der Waals surface area contributed by atoms with Crippen molar-refractivity contribution < 1.29 is 19.1 Å². The van der Waals surface area contributed by atoms with Crippen LogP contribution in [-0.4, -0.2) is 48.5 Å². The molecule has 28 heavy (non-hydrogen) atoms. The van der Waals surface area contributed by atoms with Crippen LogP contribution in [0.15, 0.2) is 18.2 Å². The van der Waals surface area contributed by atoms with Crippen molar-refractivity contribution in [3.8, 4) is 0 Å². The van der Waals surface area contributed by atoms with Crippen molar-refractivity contribution in [1.29, 1.82) is 0 Å². The van der Waals surface area contributed by atoms with E-state index in [1.807, 2.05) is 32.0 Å². The molecule has 1 saturated carbocycles. The number of aryl methyl sites for hydroxylation is 2. The number of nitrogens with one attached hydrogen (secondary N) is 2. The van der Waals surface area contributed by atoms with Gasteiger partial charge in [0.15, 0.2) is 0 Å². The highest BCUT2D eigenvalue weighted by Gasteiger charge is 2.57. The van der Waals surface area contributed by atoms with Gasteiger partial charge in [-0.2, -0.15) is 0 Å². The summed E-state index contributed by atoms with van der Waals surface area (Å²) in [5.74, 6) is -0.437. The second-order valence-corrected chi connectivity index (χ2v) is 7.79. The second-order valence-electron chi connectivity index (χ2n) is 7.79. The number of carbonyl (C=O) groups excluding carboxylic acids is 3. The zero-order valence-electron chi connectivity index (χ0n) is 16.8. The van der Waals surface area contributed by atoms with E-state index in [9.17, 15) is 14.4 Å². The minimum absolute atomic E-state index is 0.0239. The zero-order valence-corrected chi connectivity index (χ0v) is 16.8. The van der Waals surface area contributed by atoms with Crippen LogP contribution in [0, 0.1) is 19.3 Å². The highest BCUT2D eigenvalue weighted by molar-refractivity contribution is 6.13. The van der Waals surface area contributed by atoms with E-state index in [1.54, 1.807) is 11.8 Å². The molecule has 3 amide bonds. The quantitative estimate of drug-likeness (QED) is 0.761. The normalized spacial score (nSPS) is 18.3. The molecule has 1 aliphatic heterocycles. The third-order valence-electron chi connectivity index (χ3n) is 5.62. The van der Waals surface area contributed by atoms with Gasteiger partial charge in [0.2, 0.25) is 11.8 Å². The Morgan fingerprint density at radius 1 is 1.14 bits per heavy atom. The van der Waals surface area contributed by atoms with Gasteiger partial charge < -0.3 is 20.3 Å². The number of piperidine rings is 1. The van der Waals surface area contributed by atoms with Crippen LogP contribution in [0.2, 0.25) is 0 Å². The van der Waals surface area contributed by atoms with Crippen LogP contribution in [0.25, 0.3) is 0 Å². The maximum atomic E-state index is 12.8. The highest BCUT2D eigenvalue weighted by atomic mass is 16.6. The topological polar surface area (TPSA) is 87.7 Å². The number of amides is 3. The Morgan fingerprint density at radius 2 is 1.82 bits per heavy atom. The predicted molar refractivity (Wildman–Crippen MR) is 106 cm³/mol. The van der Waals surface area contributed by atoms with E-state index >= 15 is 0 Å². The molecule has 7 nitrogen and oxygen atoms in total. The van der Waals surface area contributed by atoms with Gasteiger partial charge >= 0.3 is 6.09 Å². The molecule has 0 aromatic heterocycles. The number of anilines is 1. The second kappa shape index (κ2) is 8.20. The summed E-state index contributed by atoms with van der Waals surface area (Å²) in [4.78, 5) is 39.1. The average Bonchev–Trinajstić information content (AvgIpc) is 3.47. The minimum atomic E-state index is -0.964. The van der Waals surface area contributed by atoms with Crippen LogP contribution in [0.3, 0.4) is 0 Å². The summed E-state index contributed by atoms with van der Waals surface area (Å²) in [6.07, 6.45) is 2.16. The fourth-order valence-corrected chi connectivity index (χ4v) is 3.54. The van der Waals surface area contributed by atoms with Crippen molar-refractivity contribution in [3.63, 3.8) is 0 Å². The molecule has 7 heteroatoms. The Hall–Kier alpha value is -2.57. The van der Waals surface area contributed by atoms with E-state index in [0.29, 0.717) is 45.4 Å². The van der Waals surface area contributed by atoms with Crippen molar-refractivity contribution >= 4 is 23.6 Å². The number of carbonyl (C=O) groups is 3. The average molecular weight is 387 g/mol. The summed E-state index contributed by atoms with van der Waals surface area (Å²) >= 11 is 0. The molecular formula is C21H29N3O4. The van der Waals surface area contributed by atoms with Gasteiger partial charge in [0.1, 0.15) is 5.41 Å². The van der Waals surface area contributed by atoms with E-state index in [2.05, 4.69) is 10.6 Å². The predicted octanol–water partition coefficient (Wildman–Crippen LogP) is 2.76. The number of nitrogens with zero attached hydrogens (tertiary/aromatic N) is 1. The van der Waals surface area contributed by atoms with Crippen LogP contribution >= 0.6 is 0 Å². The zero-order chi connectivity index (χ0) is 20.3. The van der Waals surface area contributed by atoms with Crippen molar-refractivity contribution in [2.45, 2.75) is 52.5 Å². The third kappa shape index (κ3) is 4.29. The first kappa shape index (κ1) is 20.2. The van der Waals surface area contributed by atoms with E-state index in [4.69, 9.17) is 4.74 Å². The number of likely N-dealkylation sites (tertiary alicyclic amines) is 1. The Kier molecular flexibility index (Phi) is 5.91. The summed E-state index contributed by atoms with van der Waals surface area (Å²) in [6.45, 7) is 7.14. The molecule has 1 saturated heterocycles. The Labute approximate surface area is 165 Å². The van der Waals surface area contributed by atoms with Crippen molar-refractivity contribution in [1.82, 2.24) is 10.2 Å². The molecule has 1 aromatic rings. The lowest BCUT2D eigenvalue weighted by atomic mass is 10.0. The Morgan fingerprint density at radius 3 is 2.43 bits per heavy atom. The van der Waals surface area contributed by atoms with Gasteiger partial charge in [0.05, 0.1) is 6.61 Å². The number of benzene rings is 1. The molecule has 0 atom stereocenters. The van der Waals surface area contributed by atoms with E-state index < -0.39 is 5.41 Å². The molecule has 2 aliphatic rings. The first-order valence-corrected chi connectivity index (χ1v) is 9.97. The van der Waals surface area contributed by atoms with E-state index in [-0.39, 0.29) is 23.9 Å². The number of rotatable bonds is 5. The van der Waals surface area contributed by atoms with Gasteiger partial charge in [-0.25, -0.2) is 4.79 Å². The smallest absolute Gasteiger partial charge is 0.409 e. The molecule has 2 fully saturated rings. The minimum Gasteiger partial charge on any atom is -0.450 e. The molecule has 3 rings (SSSR count). The van der Waals surface area contributed by atoms with Gasteiger partial charge in [-0.05, 0) is 63.6 Å². The van der Waals surface area contributed by atoms with Gasteiger partial charge in [0.25, 0.3) is 0 Å². The van der Waals surface area contributed by atoms with Crippen LogP contribution in [-0.2, 0) is 14.3 Å². The molecule has 0 unspecified atom stereocenters. The number of ether oxygens (including phenoxy) is 1. The largest absolute Gasteiger partial charge is 0.450 e. The fraction of sp³-hybridized carbons (Fsp3) is 0.571. The molecule has 2 N–H and O–H groups in total.